The number of thioether (sulfide) groups is 1. The maximum Gasteiger partial charge on any atom is 0.241 e. The van der Waals surface area contributed by atoms with Gasteiger partial charge >= 0.3 is 0 Å². The molecule has 2 unspecified atom stereocenters. The average molecular weight is 311 g/mol. The molecule has 1 aliphatic carbocycles. The van der Waals surface area contributed by atoms with E-state index in [0.717, 1.165) is 25.3 Å². The van der Waals surface area contributed by atoms with Crippen LogP contribution >= 0.6 is 11.8 Å². The van der Waals surface area contributed by atoms with Gasteiger partial charge in [0, 0.05) is 6.54 Å². The second-order valence-electron chi connectivity index (χ2n) is 7.04. The van der Waals surface area contributed by atoms with E-state index in [2.05, 4.69) is 28.9 Å². The van der Waals surface area contributed by atoms with Crippen LogP contribution in [0.15, 0.2) is 0 Å². The summed E-state index contributed by atoms with van der Waals surface area (Å²) in [5.41, 5.74) is 0. The number of carbonyl (C=O) groups is 1. The van der Waals surface area contributed by atoms with Crippen LogP contribution in [0.3, 0.4) is 0 Å². The minimum absolute atomic E-state index is 0.0959. The second-order valence-corrected chi connectivity index (χ2v) is 8.27. The van der Waals surface area contributed by atoms with E-state index in [9.17, 15) is 4.79 Å². The first-order valence-corrected chi connectivity index (χ1v) is 10.1. The molecule has 1 N–H and O–H groups in total. The highest BCUT2D eigenvalue weighted by Gasteiger charge is 2.43. The lowest BCUT2D eigenvalue weighted by atomic mass is 9.99. The van der Waals surface area contributed by atoms with Crippen molar-refractivity contribution in [3.8, 4) is 0 Å². The second kappa shape index (κ2) is 7.36. The molecule has 1 saturated carbocycles. The molecule has 3 aliphatic rings. The lowest BCUT2D eigenvalue weighted by Gasteiger charge is -2.33. The van der Waals surface area contributed by atoms with Gasteiger partial charge in [-0.1, -0.05) is 26.2 Å². The summed E-state index contributed by atoms with van der Waals surface area (Å²) in [5, 5.41) is 3.69. The Kier molecular flexibility index (Phi) is 5.49. The van der Waals surface area contributed by atoms with Crippen LogP contribution in [0.5, 0.6) is 0 Å². The monoisotopic (exact) mass is 310 g/mol. The highest BCUT2D eigenvalue weighted by molar-refractivity contribution is 7.99. The summed E-state index contributed by atoms with van der Waals surface area (Å²) in [5.74, 6) is 4.40. The van der Waals surface area contributed by atoms with Crippen molar-refractivity contribution in [2.24, 2.45) is 11.8 Å². The smallest absolute Gasteiger partial charge is 0.241 e. The minimum Gasteiger partial charge on any atom is -0.325 e. The molecule has 2 saturated heterocycles. The van der Waals surface area contributed by atoms with Gasteiger partial charge in [0.2, 0.25) is 5.91 Å². The molecule has 4 heteroatoms. The Morgan fingerprint density at radius 2 is 1.90 bits per heavy atom. The molecule has 0 spiro atoms. The predicted molar refractivity (Wildman–Crippen MR) is 89.3 cm³/mol. The quantitative estimate of drug-likeness (QED) is 0.846. The third kappa shape index (κ3) is 3.58. The Labute approximate surface area is 133 Å². The predicted octanol–water partition coefficient (Wildman–Crippen LogP) is 3.25. The van der Waals surface area contributed by atoms with Crippen molar-refractivity contribution >= 4 is 17.7 Å². The van der Waals surface area contributed by atoms with Gasteiger partial charge in [-0.05, 0) is 55.4 Å². The average Bonchev–Trinajstić information content (AvgIpc) is 3.12. The fraction of sp³-hybridized carbons (Fsp3) is 0.941. The maximum atomic E-state index is 12.8. The summed E-state index contributed by atoms with van der Waals surface area (Å²) in [6.45, 7) is 3.19. The maximum absolute atomic E-state index is 12.8. The van der Waals surface area contributed by atoms with E-state index in [1.807, 2.05) is 0 Å². The number of rotatable bonds is 5. The zero-order chi connectivity index (χ0) is 14.7. The first kappa shape index (κ1) is 15.7. The van der Waals surface area contributed by atoms with Crippen LogP contribution in [0.2, 0.25) is 0 Å². The van der Waals surface area contributed by atoms with Crippen molar-refractivity contribution in [1.82, 2.24) is 10.2 Å². The van der Waals surface area contributed by atoms with Gasteiger partial charge in [0.1, 0.15) is 0 Å². The Morgan fingerprint density at radius 3 is 2.57 bits per heavy atom. The molecule has 21 heavy (non-hydrogen) atoms. The molecule has 3 rings (SSSR count). The summed E-state index contributed by atoms with van der Waals surface area (Å²) in [6.07, 6.45) is 10.3. The van der Waals surface area contributed by atoms with Gasteiger partial charge in [0.05, 0.1) is 12.2 Å². The zero-order valence-electron chi connectivity index (χ0n) is 13.4. The highest BCUT2D eigenvalue weighted by Crippen LogP contribution is 2.34. The van der Waals surface area contributed by atoms with Gasteiger partial charge in [-0.25, -0.2) is 0 Å². The molecule has 2 heterocycles. The van der Waals surface area contributed by atoms with Gasteiger partial charge in [-0.2, -0.15) is 11.8 Å². The van der Waals surface area contributed by atoms with Crippen LogP contribution in [0, 0.1) is 11.8 Å². The Bertz CT molecular complexity index is 351. The first-order chi connectivity index (χ1) is 10.3. The fourth-order valence-electron chi connectivity index (χ4n) is 4.27. The van der Waals surface area contributed by atoms with Gasteiger partial charge in [-0.3, -0.25) is 10.1 Å². The van der Waals surface area contributed by atoms with Crippen LogP contribution in [-0.4, -0.2) is 41.1 Å². The lowest BCUT2D eigenvalue weighted by molar-refractivity contribution is -0.131. The molecule has 1 amide bonds. The molecule has 2 aliphatic heterocycles. The van der Waals surface area contributed by atoms with Gasteiger partial charge in [0.15, 0.2) is 0 Å². The number of hydrogen-bond acceptors (Lipinski definition) is 3. The van der Waals surface area contributed by atoms with Crippen LogP contribution < -0.4 is 5.32 Å². The Balaban J connectivity index is 1.67. The van der Waals surface area contributed by atoms with E-state index < -0.39 is 0 Å². The van der Waals surface area contributed by atoms with E-state index in [4.69, 9.17) is 0 Å². The summed E-state index contributed by atoms with van der Waals surface area (Å²) < 4.78 is 0. The van der Waals surface area contributed by atoms with E-state index in [1.165, 1.54) is 50.0 Å². The molecule has 3 fully saturated rings. The van der Waals surface area contributed by atoms with Crippen molar-refractivity contribution in [3.63, 3.8) is 0 Å². The van der Waals surface area contributed by atoms with Crippen molar-refractivity contribution < 1.29 is 4.79 Å². The van der Waals surface area contributed by atoms with Crippen LogP contribution in [0.25, 0.3) is 0 Å². The molecule has 0 aromatic heterocycles. The number of hydrogen-bond donors (Lipinski definition) is 1. The third-order valence-corrected chi connectivity index (χ3v) is 6.56. The van der Waals surface area contributed by atoms with Crippen molar-refractivity contribution in [2.75, 3.05) is 18.1 Å². The number of carbonyl (C=O) groups excluding carboxylic acids is 1. The first-order valence-electron chi connectivity index (χ1n) is 8.94. The molecule has 0 aromatic carbocycles. The number of nitrogens with one attached hydrogen (secondary N) is 1. The van der Waals surface area contributed by atoms with Crippen LogP contribution in [0.1, 0.15) is 58.3 Å². The fourth-order valence-corrected chi connectivity index (χ4v) is 5.48. The molecule has 0 bridgehead atoms. The Hall–Kier alpha value is -0.220. The van der Waals surface area contributed by atoms with Crippen molar-refractivity contribution in [2.45, 2.75) is 70.5 Å². The molecular weight excluding hydrogens is 280 g/mol. The van der Waals surface area contributed by atoms with Crippen LogP contribution in [0.4, 0.5) is 0 Å². The summed E-state index contributed by atoms with van der Waals surface area (Å²) in [6, 6.07) is 0.0959. The number of nitrogens with zero attached hydrogens (tertiary/aromatic N) is 1. The Morgan fingerprint density at radius 1 is 1.19 bits per heavy atom. The van der Waals surface area contributed by atoms with E-state index in [0.29, 0.717) is 18.0 Å². The van der Waals surface area contributed by atoms with E-state index >= 15 is 0 Å². The largest absolute Gasteiger partial charge is 0.325 e. The standard InChI is InChI=1S/C17H30N2OS/c1-2-5-15-17(20)19(12-13-8-10-21-11-9-13)16(18-15)14-6-3-4-7-14/h13-16,18H,2-12H2,1H3. The molecule has 120 valence electrons. The topological polar surface area (TPSA) is 32.3 Å². The van der Waals surface area contributed by atoms with Gasteiger partial charge in [0.25, 0.3) is 0 Å². The molecule has 0 aromatic rings. The minimum atomic E-state index is 0.0959. The molecule has 2 atom stereocenters. The summed E-state index contributed by atoms with van der Waals surface area (Å²) >= 11 is 2.07. The SMILES string of the molecule is CCCC1NC(C2CCCC2)N(CC2CCSCC2)C1=O. The number of amides is 1. The van der Waals surface area contributed by atoms with Crippen molar-refractivity contribution in [3.05, 3.63) is 0 Å². The van der Waals surface area contributed by atoms with E-state index in [-0.39, 0.29) is 6.04 Å². The third-order valence-electron chi connectivity index (χ3n) is 5.51. The van der Waals surface area contributed by atoms with Gasteiger partial charge in [-0.15, -0.1) is 0 Å². The molecular formula is C17H30N2OS. The van der Waals surface area contributed by atoms with E-state index in [1.54, 1.807) is 0 Å². The highest BCUT2D eigenvalue weighted by atomic mass is 32.2. The summed E-state index contributed by atoms with van der Waals surface area (Å²) in [7, 11) is 0. The van der Waals surface area contributed by atoms with Gasteiger partial charge < -0.3 is 4.90 Å². The van der Waals surface area contributed by atoms with Crippen LogP contribution in [-0.2, 0) is 4.79 Å². The van der Waals surface area contributed by atoms with Crippen molar-refractivity contribution in [1.29, 1.82) is 0 Å². The zero-order valence-corrected chi connectivity index (χ0v) is 14.2. The normalized spacial score (nSPS) is 32.2. The molecule has 3 nitrogen and oxygen atoms in total. The lowest BCUT2D eigenvalue weighted by Crippen LogP contribution is -2.45. The summed E-state index contributed by atoms with van der Waals surface area (Å²) in [4.78, 5) is 15.0. The molecule has 0 radical (unpaired) electrons.